The highest BCUT2D eigenvalue weighted by Gasteiger charge is 2.49. The first-order valence-electron chi connectivity index (χ1n) is 9.71. The van der Waals surface area contributed by atoms with Crippen LogP contribution in [0.1, 0.15) is 44.1 Å². The van der Waals surface area contributed by atoms with E-state index in [-0.39, 0.29) is 42.0 Å². The van der Waals surface area contributed by atoms with Gasteiger partial charge in [-0.15, -0.1) is 0 Å². The maximum atomic E-state index is 12.7. The van der Waals surface area contributed by atoms with Crippen molar-refractivity contribution in [3.63, 3.8) is 0 Å². The van der Waals surface area contributed by atoms with Gasteiger partial charge in [0.1, 0.15) is 0 Å². The number of aliphatic carboxylic acids is 1. The minimum absolute atomic E-state index is 0.0566. The second-order valence-electron chi connectivity index (χ2n) is 7.65. The van der Waals surface area contributed by atoms with Crippen LogP contribution >= 0.6 is 0 Å². The van der Waals surface area contributed by atoms with Crippen molar-refractivity contribution >= 4 is 15.8 Å². The van der Waals surface area contributed by atoms with Gasteiger partial charge in [-0.3, -0.25) is 4.79 Å². The molecule has 3 rings (SSSR count). The molecule has 2 aliphatic heterocycles. The smallest absolute Gasteiger partial charge is 0.303 e. The van der Waals surface area contributed by atoms with E-state index in [0.29, 0.717) is 6.42 Å². The number of ether oxygens (including phenoxy) is 1. The highest BCUT2D eigenvalue weighted by molar-refractivity contribution is 7.90. The first-order valence-corrected chi connectivity index (χ1v) is 11.5. The van der Waals surface area contributed by atoms with E-state index in [1.54, 1.807) is 0 Å². The van der Waals surface area contributed by atoms with Crippen LogP contribution in [0.5, 0.6) is 0 Å². The molecule has 4 atom stereocenters. The zero-order valence-corrected chi connectivity index (χ0v) is 16.3. The topological polar surface area (TPSA) is 80.7 Å². The quantitative estimate of drug-likeness (QED) is 0.486. The van der Waals surface area contributed by atoms with Crippen LogP contribution in [0.3, 0.4) is 0 Å². The van der Waals surface area contributed by atoms with Gasteiger partial charge in [0.25, 0.3) is 0 Å². The predicted octanol–water partition coefficient (Wildman–Crippen LogP) is 3.60. The monoisotopic (exact) mass is 392 g/mol. The molecule has 2 aliphatic rings. The number of benzene rings is 1. The van der Waals surface area contributed by atoms with Gasteiger partial charge in [-0.1, -0.05) is 42.5 Å². The second kappa shape index (κ2) is 9.02. The van der Waals surface area contributed by atoms with Crippen molar-refractivity contribution < 1.29 is 23.1 Å². The third-order valence-corrected chi connectivity index (χ3v) is 7.27. The van der Waals surface area contributed by atoms with E-state index in [2.05, 4.69) is 6.08 Å². The van der Waals surface area contributed by atoms with Crippen molar-refractivity contribution in [2.24, 2.45) is 11.8 Å². The Balaban J connectivity index is 1.56. The number of unbranched alkanes of at least 4 members (excludes halogenated alkanes) is 1. The van der Waals surface area contributed by atoms with Gasteiger partial charge < -0.3 is 9.84 Å². The average molecular weight is 393 g/mol. The summed E-state index contributed by atoms with van der Waals surface area (Å²) in [6, 6.07) is 9.32. The number of hydrogen-bond acceptors (Lipinski definition) is 4. The van der Waals surface area contributed by atoms with E-state index in [4.69, 9.17) is 9.84 Å². The molecule has 1 N–H and O–H groups in total. The predicted molar refractivity (Wildman–Crippen MR) is 104 cm³/mol. The number of fused-ring (bicyclic) bond motifs is 2. The van der Waals surface area contributed by atoms with Crippen LogP contribution in [-0.2, 0) is 25.1 Å². The molecule has 2 saturated heterocycles. The highest BCUT2D eigenvalue weighted by Crippen LogP contribution is 2.45. The molecule has 27 heavy (non-hydrogen) atoms. The van der Waals surface area contributed by atoms with Crippen LogP contribution in [0.25, 0.3) is 0 Å². The van der Waals surface area contributed by atoms with Crippen molar-refractivity contribution in [1.29, 1.82) is 0 Å². The summed E-state index contributed by atoms with van der Waals surface area (Å²) < 4.78 is 31.5. The summed E-state index contributed by atoms with van der Waals surface area (Å²) in [7, 11) is -3.19. The number of rotatable bonds is 10. The number of carboxylic acid groups (broad SMARTS) is 1. The first kappa shape index (κ1) is 20.1. The maximum Gasteiger partial charge on any atom is 0.303 e. The van der Waals surface area contributed by atoms with Crippen LogP contribution in [0.4, 0.5) is 0 Å². The summed E-state index contributed by atoms with van der Waals surface area (Å²) in [6.45, 7) is 0. The van der Waals surface area contributed by atoms with Gasteiger partial charge >= 0.3 is 5.97 Å². The fourth-order valence-electron chi connectivity index (χ4n) is 4.35. The van der Waals surface area contributed by atoms with Crippen molar-refractivity contribution in [3.05, 3.63) is 48.0 Å². The number of sulfone groups is 1. The molecule has 0 radical (unpaired) electrons. The van der Waals surface area contributed by atoms with Gasteiger partial charge in [0.2, 0.25) is 0 Å². The molecule has 0 amide bonds. The molecule has 2 bridgehead atoms. The standard InChI is InChI=1S/C21H28O5S/c22-21(23)11-7-2-1-6-10-17-18(20-13-12-19(17)26-20)15-27(24,25)14-16-8-4-3-5-9-16/h1,3-6,8-9,17-20H,2,7,10-15H2,(H,22,23)/b6-1-/t17-,18+,19-,20+/m1/s1. The SMILES string of the molecule is O=C(O)CCC/C=C\C[C@@H]1[C@H](CS(=O)(=O)Cc2ccccc2)[C@@H]2CC[C@H]1O2. The number of carboxylic acids is 1. The van der Waals surface area contributed by atoms with Crippen LogP contribution in [-0.4, -0.2) is 37.5 Å². The van der Waals surface area contributed by atoms with Gasteiger partial charge in [0.15, 0.2) is 9.84 Å². The van der Waals surface area contributed by atoms with Crippen molar-refractivity contribution in [1.82, 2.24) is 0 Å². The lowest BCUT2D eigenvalue weighted by Gasteiger charge is -2.27. The maximum absolute atomic E-state index is 12.7. The Hall–Kier alpha value is -1.66. The summed E-state index contributed by atoms with van der Waals surface area (Å²) in [4.78, 5) is 10.5. The molecule has 1 aromatic carbocycles. The lowest BCUT2D eigenvalue weighted by molar-refractivity contribution is -0.137. The summed E-state index contributed by atoms with van der Waals surface area (Å²) >= 11 is 0. The molecule has 6 heteroatoms. The lowest BCUT2D eigenvalue weighted by Crippen LogP contribution is -2.33. The van der Waals surface area contributed by atoms with E-state index in [1.807, 2.05) is 36.4 Å². The van der Waals surface area contributed by atoms with Gasteiger partial charge in [0, 0.05) is 12.3 Å². The Labute approximate surface area is 161 Å². The Bertz CT molecular complexity index is 756. The zero-order valence-electron chi connectivity index (χ0n) is 15.5. The van der Waals surface area contributed by atoms with Crippen LogP contribution in [0, 0.1) is 11.8 Å². The second-order valence-corrected chi connectivity index (χ2v) is 9.76. The fraction of sp³-hybridized carbons (Fsp3) is 0.571. The molecule has 1 aromatic rings. The Morgan fingerprint density at radius 2 is 1.81 bits per heavy atom. The van der Waals surface area contributed by atoms with E-state index < -0.39 is 15.8 Å². The summed E-state index contributed by atoms with van der Waals surface area (Å²) in [5.74, 6) is -0.209. The van der Waals surface area contributed by atoms with E-state index in [1.165, 1.54) is 0 Å². The molecule has 5 nitrogen and oxygen atoms in total. The molecule has 0 unspecified atom stereocenters. The van der Waals surface area contributed by atoms with E-state index in [0.717, 1.165) is 31.2 Å². The van der Waals surface area contributed by atoms with Crippen molar-refractivity contribution in [2.75, 3.05) is 5.75 Å². The minimum Gasteiger partial charge on any atom is -0.481 e. The molecular formula is C21H28O5S. The summed E-state index contributed by atoms with van der Waals surface area (Å²) in [5, 5.41) is 8.67. The van der Waals surface area contributed by atoms with E-state index >= 15 is 0 Å². The van der Waals surface area contributed by atoms with Crippen molar-refractivity contribution in [3.8, 4) is 0 Å². The lowest BCUT2D eigenvalue weighted by atomic mass is 9.78. The Morgan fingerprint density at radius 1 is 1.11 bits per heavy atom. The van der Waals surface area contributed by atoms with Crippen LogP contribution in [0.2, 0.25) is 0 Å². The molecule has 0 aliphatic carbocycles. The van der Waals surface area contributed by atoms with Crippen LogP contribution < -0.4 is 0 Å². The first-order chi connectivity index (χ1) is 12.9. The minimum atomic E-state index is -3.19. The molecule has 0 aromatic heterocycles. The largest absolute Gasteiger partial charge is 0.481 e. The summed E-state index contributed by atoms with van der Waals surface area (Å²) in [6.07, 6.45) is 8.65. The Kier molecular flexibility index (Phi) is 6.71. The Morgan fingerprint density at radius 3 is 2.52 bits per heavy atom. The number of hydrogen-bond donors (Lipinski definition) is 1. The summed E-state index contributed by atoms with van der Waals surface area (Å²) in [5.41, 5.74) is 0.830. The van der Waals surface area contributed by atoms with Gasteiger partial charge in [-0.25, -0.2) is 8.42 Å². The normalized spacial score (nSPS) is 27.4. The third kappa shape index (κ3) is 5.66. The molecule has 0 saturated carbocycles. The molecule has 2 fully saturated rings. The van der Waals surface area contributed by atoms with Gasteiger partial charge in [-0.05, 0) is 43.6 Å². The fourth-order valence-corrected chi connectivity index (χ4v) is 6.22. The van der Waals surface area contributed by atoms with E-state index in [9.17, 15) is 13.2 Å². The third-order valence-electron chi connectivity index (χ3n) is 5.60. The van der Waals surface area contributed by atoms with Crippen LogP contribution in [0.15, 0.2) is 42.5 Å². The average Bonchev–Trinajstić information content (AvgIpc) is 3.20. The molecular weight excluding hydrogens is 364 g/mol. The molecule has 148 valence electrons. The molecule has 0 spiro atoms. The number of allylic oxidation sites excluding steroid dienone is 2. The zero-order chi connectivity index (χ0) is 19.3. The molecule has 2 heterocycles. The van der Waals surface area contributed by atoms with Crippen molar-refractivity contribution in [2.45, 2.75) is 56.5 Å². The number of carbonyl (C=O) groups is 1. The van der Waals surface area contributed by atoms with Gasteiger partial charge in [0.05, 0.1) is 23.7 Å². The highest BCUT2D eigenvalue weighted by atomic mass is 32.2. The van der Waals surface area contributed by atoms with Gasteiger partial charge in [-0.2, -0.15) is 0 Å².